The lowest BCUT2D eigenvalue weighted by atomic mass is 9.92. The molecule has 0 radical (unpaired) electrons. The molecule has 2 aromatic rings. The van der Waals surface area contributed by atoms with Gasteiger partial charge in [0.05, 0.1) is 10.8 Å². The highest BCUT2D eigenvalue weighted by atomic mass is 32.2. The average Bonchev–Trinajstić information content (AvgIpc) is 2.76. The van der Waals surface area contributed by atoms with Crippen LogP contribution in [0.5, 0.6) is 0 Å². The van der Waals surface area contributed by atoms with Gasteiger partial charge in [-0.15, -0.1) is 0 Å². The van der Waals surface area contributed by atoms with Gasteiger partial charge >= 0.3 is 0 Å². The molecule has 1 aromatic heterocycles. The van der Waals surface area contributed by atoms with E-state index in [4.69, 9.17) is 0 Å². The van der Waals surface area contributed by atoms with Crippen molar-refractivity contribution < 1.29 is 14.0 Å². The summed E-state index contributed by atoms with van der Waals surface area (Å²) in [6, 6.07) is 11.8. The molecule has 1 aliphatic heterocycles. The van der Waals surface area contributed by atoms with E-state index in [1.807, 2.05) is 23.1 Å². The number of nitrogens with zero attached hydrogens (tertiary/aromatic N) is 2. The zero-order valence-electron chi connectivity index (χ0n) is 16.4. The smallest absolute Gasteiger partial charge is 0.232 e. The first-order valence-corrected chi connectivity index (χ1v) is 10.9. The van der Waals surface area contributed by atoms with Gasteiger partial charge in [0.25, 0.3) is 0 Å². The Labute approximate surface area is 175 Å². The number of likely N-dealkylation sites (tertiary alicyclic amines) is 1. The number of benzene rings is 1. The van der Waals surface area contributed by atoms with E-state index in [1.165, 1.54) is 23.9 Å². The Morgan fingerprint density at radius 1 is 1.14 bits per heavy atom. The Morgan fingerprint density at radius 3 is 2.59 bits per heavy atom. The molecule has 0 saturated carbocycles. The zero-order valence-corrected chi connectivity index (χ0v) is 17.2. The molecule has 1 saturated heterocycles. The lowest BCUT2D eigenvalue weighted by Crippen LogP contribution is -2.39. The van der Waals surface area contributed by atoms with Gasteiger partial charge in [0.15, 0.2) is 0 Å². The molecular formula is C22H26FN3O2S. The number of halogens is 1. The molecule has 1 aliphatic rings. The predicted octanol–water partition coefficient (Wildman–Crippen LogP) is 3.65. The summed E-state index contributed by atoms with van der Waals surface area (Å²) < 4.78 is 12.9. The van der Waals surface area contributed by atoms with Crippen molar-refractivity contribution in [2.24, 2.45) is 5.92 Å². The third kappa shape index (κ3) is 7.16. The first kappa shape index (κ1) is 21.3. The first-order chi connectivity index (χ1) is 14.1. The standard InChI is InChI=1S/C22H26FN3O2S/c23-19-7-4-18(5-8-19)15-25-20(27)9-6-17-10-13-26(14-11-17)22(28)16-29-21-3-1-2-12-24-21/h1-5,7-8,12,17H,6,9-11,13-16H2,(H,25,27). The number of aromatic nitrogens is 1. The summed E-state index contributed by atoms with van der Waals surface area (Å²) in [6.07, 6.45) is 4.92. The number of hydrogen-bond acceptors (Lipinski definition) is 4. The number of hydrogen-bond donors (Lipinski definition) is 1. The molecule has 1 aromatic carbocycles. The molecule has 0 aliphatic carbocycles. The molecule has 7 heteroatoms. The number of piperidine rings is 1. The van der Waals surface area contributed by atoms with Gasteiger partial charge in [0, 0.05) is 32.3 Å². The van der Waals surface area contributed by atoms with Crippen molar-refractivity contribution in [3.63, 3.8) is 0 Å². The van der Waals surface area contributed by atoms with Crippen LogP contribution in [0, 0.1) is 11.7 Å². The second-order valence-electron chi connectivity index (χ2n) is 7.22. The highest BCUT2D eigenvalue weighted by molar-refractivity contribution is 7.99. The second kappa shape index (κ2) is 11.0. The molecule has 154 valence electrons. The molecule has 2 heterocycles. The Hall–Kier alpha value is -2.41. The average molecular weight is 416 g/mol. The van der Waals surface area contributed by atoms with Crippen molar-refractivity contribution in [2.45, 2.75) is 37.3 Å². The van der Waals surface area contributed by atoms with E-state index in [9.17, 15) is 14.0 Å². The number of carbonyl (C=O) groups is 2. The summed E-state index contributed by atoms with van der Waals surface area (Å²) in [5.74, 6) is 0.767. The number of pyridine rings is 1. The summed E-state index contributed by atoms with van der Waals surface area (Å²) in [4.78, 5) is 30.6. The van der Waals surface area contributed by atoms with Crippen molar-refractivity contribution in [1.29, 1.82) is 0 Å². The van der Waals surface area contributed by atoms with Crippen LogP contribution in [0.25, 0.3) is 0 Å². The Balaban J connectivity index is 1.30. The number of thioether (sulfide) groups is 1. The molecule has 0 bridgehead atoms. The minimum Gasteiger partial charge on any atom is -0.352 e. The third-order valence-electron chi connectivity index (χ3n) is 5.13. The summed E-state index contributed by atoms with van der Waals surface area (Å²) in [7, 11) is 0. The highest BCUT2D eigenvalue weighted by Crippen LogP contribution is 2.23. The van der Waals surface area contributed by atoms with Crippen LogP contribution in [-0.4, -0.2) is 40.5 Å². The summed E-state index contributed by atoms with van der Waals surface area (Å²) in [5, 5.41) is 3.75. The quantitative estimate of drug-likeness (QED) is 0.669. The summed E-state index contributed by atoms with van der Waals surface area (Å²) >= 11 is 1.47. The first-order valence-electron chi connectivity index (χ1n) is 9.93. The number of amides is 2. The van der Waals surface area contributed by atoms with Crippen molar-refractivity contribution in [3.8, 4) is 0 Å². The fraction of sp³-hybridized carbons (Fsp3) is 0.409. The molecule has 0 spiro atoms. The van der Waals surface area contributed by atoms with E-state index in [1.54, 1.807) is 18.3 Å². The predicted molar refractivity (Wildman–Crippen MR) is 112 cm³/mol. The number of carbonyl (C=O) groups excluding carboxylic acids is 2. The molecular weight excluding hydrogens is 389 g/mol. The van der Waals surface area contributed by atoms with Crippen molar-refractivity contribution in [2.75, 3.05) is 18.8 Å². The molecule has 3 rings (SSSR count). The van der Waals surface area contributed by atoms with Gasteiger partial charge in [-0.1, -0.05) is 30.0 Å². The van der Waals surface area contributed by atoms with E-state index in [-0.39, 0.29) is 17.6 Å². The van der Waals surface area contributed by atoms with Gasteiger partial charge in [-0.25, -0.2) is 9.37 Å². The minimum absolute atomic E-state index is 0.0135. The SMILES string of the molecule is O=C(CCC1CCN(C(=O)CSc2ccccn2)CC1)NCc1ccc(F)cc1. The van der Waals surface area contributed by atoms with E-state index in [0.29, 0.717) is 24.6 Å². The molecule has 5 nitrogen and oxygen atoms in total. The second-order valence-corrected chi connectivity index (χ2v) is 8.22. The van der Waals surface area contributed by atoms with Crippen LogP contribution in [-0.2, 0) is 16.1 Å². The number of rotatable bonds is 8. The lowest BCUT2D eigenvalue weighted by molar-refractivity contribution is -0.130. The topological polar surface area (TPSA) is 62.3 Å². The van der Waals surface area contributed by atoms with Crippen LogP contribution in [0.1, 0.15) is 31.2 Å². The fourth-order valence-electron chi connectivity index (χ4n) is 3.36. The van der Waals surface area contributed by atoms with E-state index < -0.39 is 0 Å². The summed E-state index contributed by atoms with van der Waals surface area (Å²) in [5.41, 5.74) is 0.884. The zero-order chi connectivity index (χ0) is 20.5. The molecule has 0 unspecified atom stereocenters. The Kier molecular flexibility index (Phi) is 8.04. The van der Waals surface area contributed by atoms with Crippen LogP contribution in [0.15, 0.2) is 53.7 Å². The Morgan fingerprint density at radius 2 is 1.90 bits per heavy atom. The maximum absolute atomic E-state index is 12.9. The fourth-order valence-corrected chi connectivity index (χ4v) is 4.12. The van der Waals surface area contributed by atoms with Gasteiger partial charge in [0.1, 0.15) is 5.82 Å². The van der Waals surface area contributed by atoms with Crippen molar-refractivity contribution in [1.82, 2.24) is 15.2 Å². The van der Waals surface area contributed by atoms with Crippen molar-refractivity contribution >= 4 is 23.6 Å². The van der Waals surface area contributed by atoms with Gasteiger partial charge in [-0.05, 0) is 55.0 Å². The molecule has 29 heavy (non-hydrogen) atoms. The van der Waals surface area contributed by atoms with Crippen LogP contribution >= 0.6 is 11.8 Å². The minimum atomic E-state index is -0.278. The van der Waals surface area contributed by atoms with Gasteiger partial charge < -0.3 is 10.2 Å². The van der Waals surface area contributed by atoms with E-state index in [0.717, 1.165) is 42.9 Å². The van der Waals surface area contributed by atoms with Crippen LogP contribution in [0.2, 0.25) is 0 Å². The summed E-state index contributed by atoms with van der Waals surface area (Å²) in [6.45, 7) is 1.92. The highest BCUT2D eigenvalue weighted by Gasteiger charge is 2.23. The molecule has 1 fully saturated rings. The maximum atomic E-state index is 12.9. The Bertz CT molecular complexity index is 793. The van der Waals surface area contributed by atoms with Crippen LogP contribution < -0.4 is 5.32 Å². The normalized spacial score (nSPS) is 14.6. The lowest BCUT2D eigenvalue weighted by Gasteiger charge is -2.32. The van der Waals surface area contributed by atoms with Gasteiger partial charge in [-0.3, -0.25) is 9.59 Å². The van der Waals surface area contributed by atoms with Crippen LogP contribution in [0.4, 0.5) is 4.39 Å². The molecule has 2 amide bonds. The number of nitrogens with one attached hydrogen (secondary N) is 1. The largest absolute Gasteiger partial charge is 0.352 e. The van der Waals surface area contributed by atoms with Crippen molar-refractivity contribution in [3.05, 3.63) is 60.0 Å². The van der Waals surface area contributed by atoms with Crippen LogP contribution in [0.3, 0.4) is 0 Å². The molecule has 0 atom stereocenters. The maximum Gasteiger partial charge on any atom is 0.232 e. The van der Waals surface area contributed by atoms with E-state index in [2.05, 4.69) is 10.3 Å². The monoisotopic (exact) mass is 415 g/mol. The third-order valence-corrected chi connectivity index (χ3v) is 6.06. The van der Waals surface area contributed by atoms with E-state index >= 15 is 0 Å². The molecule has 1 N–H and O–H groups in total. The van der Waals surface area contributed by atoms with Gasteiger partial charge in [-0.2, -0.15) is 0 Å². The van der Waals surface area contributed by atoms with Gasteiger partial charge in [0.2, 0.25) is 11.8 Å².